The summed E-state index contributed by atoms with van der Waals surface area (Å²) in [5.41, 5.74) is 0.487. The van der Waals surface area contributed by atoms with Crippen molar-refractivity contribution in [3.05, 3.63) is 53.9 Å². The van der Waals surface area contributed by atoms with Gasteiger partial charge in [0.05, 0.1) is 0 Å². The van der Waals surface area contributed by atoms with E-state index in [0.29, 0.717) is 5.56 Å². The third kappa shape index (κ3) is 3.86. The molecule has 1 atom stereocenters. The summed E-state index contributed by atoms with van der Waals surface area (Å²) in [6.07, 6.45) is 4.54. The van der Waals surface area contributed by atoms with Gasteiger partial charge in [-0.25, -0.2) is 8.78 Å². The Balaban J connectivity index is 1.79. The molecule has 1 aromatic carbocycles. The second-order valence-corrected chi connectivity index (χ2v) is 4.46. The van der Waals surface area contributed by atoms with E-state index in [1.807, 2.05) is 23.9 Å². The largest absolute Gasteiger partial charge is 0.310 e. The fourth-order valence-electron chi connectivity index (χ4n) is 1.95. The maximum atomic E-state index is 13.5. The molecule has 2 aromatic rings. The van der Waals surface area contributed by atoms with Crippen molar-refractivity contribution in [2.45, 2.75) is 25.9 Å². The molecule has 3 nitrogen and oxygen atoms in total. The molecule has 0 radical (unpaired) electrons. The lowest BCUT2D eigenvalue weighted by atomic mass is 10.1. The van der Waals surface area contributed by atoms with Crippen molar-refractivity contribution in [1.29, 1.82) is 0 Å². The molecule has 1 N–H and O–H groups in total. The zero-order valence-electron chi connectivity index (χ0n) is 10.8. The maximum absolute atomic E-state index is 13.5. The highest BCUT2D eigenvalue weighted by Gasteiger charge is 2.10. The summed E-state index contributed by atoms with van der Waals surface area (Å²) in [7, 11) is 0. The van der Waals surface area contributed by atoms with Gasteiger partial charge in [0, 0.05) is 36.6 Å². The van der Waals surface area contributed by atoms with Crippen LogP contribution in [0, 0.1) is 11.6 Å². The van der Waals surface area contributed by atoms with E-state index in [9.17, 15) is 8.78 Å². The van der Waals surface area contributed by atoms with E-state index in [1.165, 1.54) is 12.1 Å². The summed E-state index contributed by atoms with van der Waals surface area (Å²) >= 11 is 0. The van der Waals surface area contributed by atoms with Gasteiger partial charge in [0.2, 0.25) is 0 Å². The molecule has 1 heterocycles. The third-order valence-corrected chi connectivity index (χ3v) is 3.00. The van der Waals surface area contributed by atoms with Crippen molar-refractivity contribution in [3.63, 3.8) is 0 Å². The van der Waals surface area contributed by atoms with Crippen LogP contribution >= 0.6 is 0 Å². The van der Waals surface area contributed by atoms with Crippen LogP contribution in [0.3, 0.4) is 0 Å². The molecule has 5 heteroatoms. The van der Waals surface area contributed by atoms with E-state index >= 15 is 0 Å². The Labute approximate surface area is 111 Å². The summed E-state index contributed by atoms with van der Waals surface area (Å²) in [6, 6.07) is 5.41. The predicted octanol–water partition coefficient (Wildman–Crippen LogP) is 2.90. The van der Waals surface area contributed by atoms with Gasteiger partial charge >= 0.3 is 0 Å². The number of hydrogen-bond acceptors (Lipinski definition) is 2. The number of nitrogens with zero attached hydrogens (tertiary/aromatic N) is 2. The molecule has 0 spiro atoms. The van der Waals surface area contributed by atoms with E-state index in [0.717, 1.165) is 25.6 Å². The molecule has 0 amide bonds. The molecule has 0 fully saturated rings. The molecule has 0 aliphatic carbocycles. The molecule has 0 saturated heterocycles. The van der Waals surface area contributed by atoms with E-state index in [2.05, 4.69) is 10.4 Å². The summed E-state index contributed by atoms with van der Waals surface area (Å²) in [5, 5.41) is 7.32. The maximum Gasteiger partial charge on any atom is 0.130 e. The zero-order valence-corrected chi connectivity index (χ0v) is 10.8. The van der Waals surface area contributed by atoms with Gasteiger partial charge in [-0.1, -0.05) is 6.07 Å². The molecule has 0 saturated carbocycles. The number of aromatic nitrogens is 2. The molecule has 1 aromatic heterocycles. The first-order valence-electron chi connectivity index (χ1n) is 6.32. The Morgan fingerprint density at radius 1 is 1.37 bits per heavy atom. The Kier molecular flexibility index (Phi) is 4.63. The first kappa shape index (κ1) is 13.7. The fraction of sp³-hybridized carbons (Fsp3) is 0.357. The second-order valence-electron chi connectivity index (χ2n) is 4.46. The summed E-state index contributed by atoms with van der Waals surface area (Å²) in [6.45, 7) is 3.43. The molecule has 102 valence electrons. The van der Waals surface area contributed by atoms with Gasteiger partial charge in [-0.05, 0) is 32.0 Å². The molecule has 19 heavy (non-hydrogen) atoms. The van der Waals surface area contributed by atoms with Crippen LogP contribution in [-0.4, -0.2) is 16.3 Å². The number of nitrogens with one attached hydrogen (secondary N) is 1. The van der Waals surface area contributed by atoms with Crippen molar-refractivity contribution in [3.8, 4) is 0 Å². The van der Waals surface area contributed by atoms with Crippen molar-refractivity contribution < 1.29 is 8.78 Å². The van der Waals surface area contributed by atoms with Crippen molar-refractivity contribution in [2.24, 2.45) is 0 Å². The molecule has 0 bridgehead atoms. The lowest BCUT2D eigenvalue weighted by Crippen LogP contribution is -2.22. The molecule has 1 unspecified atom stereocenters. The highest BCUT2D eigenvalue weighted by molar-refractivity contribution is 5.21. The van der Waals surface area contributed by atoms with Crippen molar-refractivity contribution in [2.75, 3.05) is 6.54 Å². The second kappa shape index (κ2) is 6.43. The quantitative estimate of drug-likeness (QED) is 0.814. The summed E-state index contributed by atoms with van der Waals surface area (Å²) in [5.74, 6) is -1.06. The van der Waals surface area contributed by atoms with Crippen LogP contribution in [0.2, 0.25) is 0 Å². The smallest absolute Gasteiger partial charge is 0.130 e. The third-order valence-electron chi connectivity index (χ3n) is 3.00. The van der Waals surface area contributed by atoms with Gasteiger partial charge in [0.25, 0.3) is 0 Å². The fourth-order valence-corrected chi connectivity index (χ4v) is 1.95. The highest BCUT2D eigenvalue weighted by atomic mass is 19.1. The van der Waals surface area contributed by atoms with Gasteiger partial charge in [-0.2, -0.15) is 5.10 Å². The number of rotatable bonds is 6. The van der Waals surface area contributed by atoms with Gasteiger partial charge in [0.1, 0.15) is 11.6 Å². The molecule has 2 rings (SSSR count). The van der Waals surface area contributed by atoms with Crippen LogP contribution in [-0.2, 0) is 6.54 Å². The Bertz CT molecular complexity index is 511. The van der Waals surface area contributed by atoms with Gasteiger partial charge in [-0.15, -0.1) is 0 Å². The lowest BCUT2D eigenvalue weighted by molar-refractivity contribution is 0.487. The first-order valence-corrected chi connectivity index (χ1v) is 6.32. The number of aryl methyl sites for hydroxylation is 1. The van der Waals surface area contributed by atoms with Crippen LogP contribution in [0.1, 0.15) is 24.9 Å². The van der Waals surface area contributed by atoms with Gasteiger partial charge < -0.3 is 5.32 Å². The van der Waals surface area contributed by atoms with Crippen LogP contribution < -0.4 is 5.32 Å². The average molecular weight is 265 g/mol. The van der Waals surface area contributed by atoms with Crippen molar-refractivity contribution in [1.82, 2.24) is 15.1 Å². The summed E-state index contributed by atoms with van der Waals surface area (Å²) in [4.78, 5) is 0. The Morgan fingerprint density at radius 2 is 2.21 bits per heavy atom. The van der Waals surface area contributed by atoms with Crippen LogP contribution in [0.15, 0.2) is 36.7 Å². The topological polar surface area (TPSA) is 29.9 Å². The molecule has 0 aliphatic heterocycles. The SMILES string of the molecule is CC(NCCCn1cccn1)c1ccc(F)cc1F. The minimum atomic E-state index is -0.549. The van der Waals surface area contributed by atoms with Crippen LogP contribution in [0.25, 0.3) is 0 Å². The van der Waals surface area contributed by atoms with Crippen molar-refractivity contribution >= 4 is 0 Å². The zero-order chi connectivity index (χ0) is 13.7. The van der Waals surface area contributed by atoms with Gasteiger partial charge in [-0.3, -0.25) is 4.68 Å². The number of halogens is 2. The van der Waals surface area contributed by atoms with E-state index in [4.69, 9.17) is 0 Å². The van der Waals surface area contributed by atoms with E-state index in [1.54, 1.807) is 6.20 Å². The van der Waals surface area contributed by atoms with Crippen LogP contribution in [0.4, 0.5) is 8.78 Å². The predicted molar refractivity (Wildman–Crippen MR) is 69.6 cm³/mol. The minimum Gasteiger partial charge on any atom is -0.310 e. The van der Waals surface area contributed by atoms with E-state index < -0.39 is 11.6 Å². The molecular weight excluding hydrogens is 248 g/mol. The summed E-state index contributed by atoms with van der Waals surface area (Å²) < 4.78 is 28.2. The minimum absolute atomic E-state index is 0.141. The molecule has 0 aliphatic rings. The monoisotopic (exact) mass is 265 g/mol. The highest BCUT2D eigenvalue weighted by Crippen LogP contribution is 2.17. The van der Waals surface area contributed by atoms with E-state index in [-0.39, 0.29) is 6.04 Å². The first-order chi connectivity index (χ1) is 9.16. The van der Waals surface area contributed by atoms with Gasteiger partial charge in [0.15, 0.2) is 0 Å². The van der Waals surface area contributed by atoms with Crippen LogP contribution in [0.5, 0.6) is 0 Å². The lowest BCUT2D eigenvalue weighted by Gasteiger charge is -2.15. The Hall–Kier alpha value is -1.75. The standard InChI is InChI=1S/C14H17F2N3/c1-11(13-5-4-12(15)10-14(13)16)17-6-2-8-19-9-3-7-18-19/h3-5,7,9-11,17H,2,6,8H2,1H3. The average Bonchev–Trinajstić information content (AvgIpc) is 2.87. The Morgan fingerprint density at radius 3 is 2.89 bits per heavy atom. The molecular formula is C14H17F2N3. The number of hydrogen-bond donors (Lipinski definition) is 1. The normalized spacial score (nSPS) is 12.6. The number of benzene rings is 1.